The van der Waals surface area contributed by atoms with Crippen LogP contribution in [-0.2, 0) is 6.42 Å². The molecule has 0 aliphatic rings. The molecule has 1 N–H and O–H groups in total. The lowest BCUT2D eigenvalue weighted by Gasteiger charge is -2.11. The highest BCUT2D eigenvalue weighted by atomic mass is 16.1. The van der Waals surface area contributed by atoms with Gasteiger partial charge in [0, 0.05) is 17.1 Å². The molecule has 4 nitrogen and oxygen atoms in total. The van der Waals surface area contributed by atoms with Gasteiger partial charge in [-0.25, -0.2) is 4.98 Å². The van der Waals surface area contributed by atoms with Crippen LogP contribution < -0.4 is 5.32 Å². The van der Waals surface area contributed by atoms with Crippen molar-refractivity contribution in [2.24, 2.45) is 0 Å². The number of pyridine rings is 2. The molecule has 0 aliphatic carbocycles. The van der Waals surface area contributed by atoms with Crippen LogP contribution in [0.15, 0.2) is 79.1 Å². The van der Waals surface area contributed by atoms with Gasteiger partial charge >= 0.3 is 0 Å². The van der Waals surface area contributed by atoms with Crippen molar-refractivity contribution in [2.45, 2.75) is 13.3 Å². The van der Waals surface area contributed by atoms with E-state index in [0.717, 1.165) is 28.6 Å². The van der Waals surface area contributed by atoms with Crippen molar-refractivity contribution >= 4 is 22.5 Å². The fourth-order valence-electron chi connectivity index (χ4n) is 3.06. The van der Waals surface area contributed by atoms with Gasteiger partial charge in [-0.05, 0) is 36.2 Å². The van der Waals surface area contributed by atoms with Crippen LogP contribution in [0.2, 0.25) is 0 Å². The highest BCUT2D eigenvalue weighted by Gasteiger charge is 2.14. The Bertz CT molecular complexity index is 1090. The van der Waals surface area contributed by atoms with Gasteiger partial charge in [0.2, 0.25) is 0 Å². The Hall–Kier alpha value is -3.53. The molecule has 4 aromatic rings. The number of benzene rings is 2. The maximum Gasteiger partial charge on any atom is 0.256 e. The van der Waals surface area contributed by atoms with Gasteiger partial charge in [-0.3, -0.25) is 9.78 Å². The topological polar surface area (TPSA) is 54.9 Å². The van der Waals surface area contributed by atoms with Crippen molar-refractivity contribution in [3.8, 4) is 11.3 Å². The number of aryl methyl sites for hydroxylation is 1. The predicted molar refractivity (Wildman–Crippen MR) is 109 cm³/mol. The van der Waals surface area contributed by atoms with Gasteiger partial charge in [0.25, 0.3) is 5.91 Å². The summed E-state index contributed by atoms with van der Waals surface area (Å²) < 4.78 is 0. The lowest BCUT2D eigenvalue weighted by atomic mass is 10.0. The lowest BCUT2D eigenvalue weighted by Crippen LogP contribution is -2.13. The number of rotatable bonds is 4. The minimum Gasteiger partial charge on any atom is -0.321 e. The van der Waals surface area contributed by atoms with E-state index in [-0.39, 0.29) is 5.91 Å². The maximum absolute atomic E-state index is 12.9. The fraction of sp³-hybridized carbons (Fsp3) is 0.0870. The zero-order valence-electron chi connectivity index (χ0n) is 15.0. The van der Waals surface area contributed by atoms with Crippen molar-refractivity contribution in [1.82, 2.24) is 9.97 Å². The molecule has 4 heteroatoms. The largest absolute Gasteiger partial charge is 0.321 e. The van der Waals surface area contributed by atoms with Crippen LogP contribution in [-0.4, -0.2) is 15.9 Å². The van der Waals surface area contributed by atoms with Gasteiger partial charge in [-0.1, -0.05) is 49.4 Å². The van der Waals surface area contributed by atoms with Crippen molar-refractivity contribution in [3.05, 3.63) is 90.3 Å². The van der Waals surface area contributed by atoms with Gasteiger partial charge in [-0.15, -0.1) is 0 Å². The third-order valence-electron chi connectivity index (χ3n) is 4.54. The van der Waals surface area contributed by atoms with Crippen LogP contribution in [0.1, 0.15) is 22.8 Å². The predicted octanol–water partition coefficient (Wildman–Crippen LogP) is 5.11. The molecule has 4 rings (SSSR count). The van der Waals surface area contributed by atoms with Crippen LogP contribution in [0.25, 0.3) is 22.2 Å². The van der Waals surface area contributed by atoms with E-state index < -0.39 is 0 Å². The molecule has 0 saturated carbocycles. The summed E-state index contributed by atoms with van der Waals surface area (Å²) >= 11 is 0. The number of carbonyl (C=O) groups is 1. The van der Waals surface area contributed by atoms with Crippen LogP contribution in [0.3, 0.4) is 0 Å². The summed E-state index contributed by atoms with van der Waals surface area (Å²) in [6.45, 7) is 2.13. The van der Waals surface area contributed by atoms with Gasteiger partial charge in [-0.2, -0.15) is 0 Å². The Morgan fingerprint density at radius 3 is 2.56 bits per heavy atom. The Kier molecular flexibility index (Phi) is 4.62. The van der Waals surface area contributed by atoms with Crippen LogP contribution >= 0.6 is 0 Å². The minimum absolute atomic E-state index is 0.173. The van der Waals surface area contributed by atoms with Crippen molar-refractivity contribution in [2.75, 3.05) is 5.32 Å². The van der Waals surface area contributed by atoms with Crippen molar-refractivity contribution in [3.63, 3.8) is 0 Å². The fourth-order valence-corrected chi connectivity index (χ4v) is 3.06. The summed E-state index contributed by atoms with van der Waals surface area (Å²) in [7, 11) is 0. The van der Waals surface area contributed by atoms with E-state index in [1.165, 1.54) is 5.56 Å². The molecule has 0 fully saturated rings. The average molecular weight is 353 g/mol. The average Bonchev–Trinajstić information content (AvgIpc) is 2.73. The normalized spacial score (nSPS) is 10.7. The molecule has 2 aromatic heterocycles. The van der Waals surface area contributed by atoms with Crippen LogP contribution in [0.4, 0.5) is 5.69 Å². The quantitative estimate of drug-likeness (QED) is 0.554. The Morgan fingerprint density at radius 1 is 1.00 bits per heavy atom. The number of hydrogen-bond donors (Lipinski definition) is 1. The molecule has 2 aromatic carbocycles. The molecule has 132 valence electrons. The number of fused-ring (bicyclic) bond motifs is 1. The Labute approximate surface area is 157 Å². The zero-order chi connectivity index (χ0) is 18.6. The van der Waals surface area contributed by atoms with E-state index in [4.69, 9.17) is 4.98 Å². The SMILES string of the molecule is CCc1ccc(-c2cc(C(=O)Nc3cccnc3)c3ccccc3n2)cc1. The first-order chi connectivity index (χ1) is 13.2. The number of amides is 1. The van der Waals surface area contributed by atoms with Gasteiger partial charge < -0.3 is 5.32 Å². The molecule has 0 unspecified atom stereocenters. The van der Waals surface area contributed by atoms with Crippen LogP contribution in [0, 0.1) is 0 Å². The summed E-state index contributed by atoms with van der Waals surface area (Å²) in [5.74, 6) is -0.173. The van der Waals surface area contributed by atoms with E-state index in [1.807, 2.05) is 36.4 Å². The first-order valence-electron chi connectivity index (χ1n) is 8.95. The summed E-state index contributed by atoms with van der Waals surface area (Å²) in [5.41, 5.74) is 5.11. The number of anilines is 1. The number of carbonyl (C=O) groups excluding carboxylic acids is 1. The first-order valence-corrected chi connectivity index (χ1v) is 8.95. The number of hydrogen-bond acceptors (Lipinski definition) is 3. The number of aromatic nitrogens is 2. The van der Waals surface area contributed by atoms with E-state index in [9.17, 15) is 4.79 Å². The number of nitrogens with zero attached hydrogens (tertiary/aromatic N) is 2. The summed E-state index contributed by atoms with van der Waals surface area (Å²) in [6.07, 6.45) is 4.30. The number of para-hydroxylation sites is 1. The van der Waals surface area contributed by atoms with E-state index in [0.29, 0.717) is 11.3 Å². The van der Waals surface area contributed by atoms with Crippen LogP contribution in [0.5, 0.6) is 0 Å². The summed E-state index contributed by atoms with van der Waals surface area (Å²) in [5, 5.41) is 3.74. The molecule has 0 atom stereocenters. The van der Waals surface area contributed by atoms with Gasteiger partial charge in [0.15, 0.2) is 0 Å². The van der Waals surface area contributed by atoms with Crippen molar-refractivity contribution < 1.29 is 4.79 Å². The maximum atomic E-state index is 12.9. The molecule has 0 bridgehead atoms. The van der Waals surface area contributed by atoms with E-state index in [1.54, 1.807) is 18.5 Å². The third-order valence-corrected chi connectivity index (χ3v) is 4.54. The zero-order valence-corrected chi connectivity index (χ0v) is 15.0. The standard InChI is InChI=1S/C23H19N3O/c1-2-16-9-11-17(12-10-16)22-14-20(19-7-3-4-8-21(19)26-22)23(27)25-18-6-5-13-24-15-18/h3-15H,2H2,1H3,(H,25,27). The monoisotopic (exact) mass is 353 g/mol. The molecule has 0 aliphatic heterocycles. The van der Waals surface area contributed by atoms with E-state index >= 15 is 0 Å². The summed E-state index contributed by atoms with van der Waals surface area (Å²) in [4.78, 5) is 21.8. The lowest BCUT2D eigenvalue weighted by molar-refractivity contribution is 0.102. The summed E-state index contributed by atoms with van der Waals surface area (Å²) in [6, 6.07) is 21.5. The molecule has 2 heterocycles. The third kappa shape index (κ3) is 3.55. The molecular formula is C23H19N3O. The molecule has 0 spiro atoms. The van der Waals surface area contributed by atoms with Crippen molar-refractivity contribution in [1.29, 1.82) is 0 Å². The van der Waals surface area contributed by atoms with Gasteiger partial charge in [0.1, 0.15) is 0 Å². The molecule has 27 heavy (non-hydrogen) atoms. The minimum atomic E-state index is -0.173. The second kappa shape index (κ2) is 7.38. The molecular weight excluding hydrogens is 334 g/mol. The van der Waals surface area contributed by atoms with E-state index in [2.05, 4.69) is 41.5 Å². The molecule has 0 radical (unpaired) electrons. The first kappa shape index (κ1) is 16.9. The smallest absolute Gasteiger partial charge is 0.256 e. The Morgan fingerprint density at radius 2 is 1.81 bits per heavy atom. The molecule has 0 saturated heterocycles. The second-order valence-corrected chi connectivity index (χ2v) is 6.32. The second-order valence-electron chi connectivity index (χ2n) is 6.32. The molecule has 1 amide bonds. The Balaban J connectivity index is 1.79. The highest BCUT2D eigenvalue weighted by molar-refractivity contribution is 6.13. The number of nitrogens with one attached hydrogen (secondary N) is 1. The van der Waals surface area contributed by atoms with Gasteiger partial charge in [0.05, 0.1) is 28.7 Å². The highest BCUT2D eigenvalue weighted by Crippen LogP contribution is 2.26.